The van der Waals surface area contributed by atoms with Crippen molar-refractivity contribution in [1.29, 1.82) is 0 Å². The molecule has 1 heterocycles. The number of carbonyl (C=O) groups is 1. The molecule has 0 spiro atoms. The summed E-state index contributed by atoms with van der Waals surface area (Å²) in [4.78, 5) is 14.5. The van der Waals surface area contributed by atoms with Crippen LogP contribution in [0.25, 0.3) is 10.9 Å². The summed E-state index contributed by atoms with van der Waals surface area (Å²) in [5.41, 5.74) is 3.21. The van der Waals surface area contributed by atoms with Crippen LogP contribution >= 0.6 is 0 Å². The number of phenols is 1. The summed E-state index contributed by atoms with van der Waals surface area (Å²) in [6, 6.07) is 5.29. The van der Waals surface area contributed by atoms with Gasteiger partial charge in [-0.15, -0.1) is 0 Å². The largest absolute Gasteiger partial charge is 0.508 e. The van der Waals surface area contributed by atoms with Gasteiger partial charge in [-0.2, -0.15) is 0 Å². The molecular weight excluding hydrogens is 254 g/mol. The van der Waals surface area contributed by atoms with E-state index in [0.717, 1.165) is 54.3 Å². The first-order valence-electron chi connectivity index (χ1n) is 7.20. The van der Waals surface area contributed by atoms with E-state index in [0.29, 0.717) is 0 Å². The molecule has 0 bridgehead atoms. The fraction of sp³-hybridized carbons (Fsp3) is 0.438. The number of aromatic nitrogens is 1. The Morgan fingerprint density at radius 2 is 2.15 bits per heavy atom. The highest BCUT2D eigenvalue weighted by Crippen LogP contribution is 2.38. The summed E-state index contributed by atoms with van der Waals surface area (Å²) in [5, 5.41) is 19.8. The van der Waals surface area contributed by atoms with Gasteiger partial charge < -0.3 is 15.2 Å². The van der Waals surface area contributed by atoms with Gasteiger partial charge >= 0.3 is 5.97 Å². The number of carboxylic acid groups (broad SMARTS) is 1. The molecule has 1 aromatic heterocycles. The van der Waals surface area contributed by atoms with Crippen LogP contribution in [0.15, 0.2) is 18.2 Å². The van der Waals surface area contributed by atoms with Gasteiger partial charge in [0.25, 0.3) is 0 Å². The smallest absolute Gasteiger partial charge is 0.303 e. The Hall–Kier alpha value is -1.97. The second kappa shape index (κ2) is 5.19. The lowest BCUT2D eigenvalue weighted by atomic mass is 9.85. The van der Waals surface area contributed by atoms with E-state index in [1.807, 2.05) is 6.07 Å². The van der Waals surface area contributed by atoms with Crippen LogP contribution in [-0.2, 0) is 11.2 Å². The lowest BCUT2D eigenvalue weighted by Crippen LogP contribution is -2.10. The molecule has 0 saturated carbocycles. The zero-order chi connectivity index (χ0) is 14.1. The average Bonchev–Trinajstić information content (AvgIpc) is 2.70. The van der Waals surface area contributed by atoms with Crippen LogP contribution in [0.1, 0.15) is 49.3 Å². The number of fused-ring (bicyclic) bond motifs is 3. The lowest BCUT2D eigenvalue weighted by molar-refractivity contribution is -0.137. The maximum Gasteiger partial charge on any atom is 0.303 e. The van der Waals surface area contributed by atoms with Crippen LogP contribution in [0.5, 0.6) is 5.75 Å². The monoisotopic (exact) mass is 273 g/mol. The second-order valence-corrected chi connectivity index (χ2v) is 5.64. The Bertz CT molecular complexity index is 644. The molecule has 0 fully saturated rings. The number of hydrogen-bond acceptors (Lipinski definition) is 2. The summed E-state index contributed by atoms with van der Waals surface area (Å²) in [6.45, 7) is 0. The molecule has 0 saturated heterocycles. The number of aromatic hydroxyl groups is 1. The van der Waals surface area contributed by atoms with Gasteiger partial charge in [-0.25, -0.2) is 0 Å². The number of aromatic amines is 1. The predicted molar refractivity (Wildman–Crippen MR) is 77.1 cm³/mol. The Morgan fingerprint density at radius 1 is 1.30 bits per heavy atom. The first kappa shape index (κ1) is 13.0. The fourth-order valence-electron chi connectivity index (χ4n) is 3.35. The summed E-state index contributed by atoms with van der Waals surface area (Å²) in [6.07, 6.45) is 5.43. The molecule has 4 heteroatoms. The van der Waals surface area contributed by atoms with Crippen molar-refractivity contribution >= 4 is 16.9 Å². The quantitative estimate of drug-likeness (QED) is 0.783. The Morgan fingerprint density at radius 3 is 2.95 bits per heavy atom. The van der Waals surface area contributed by atoms with Crippen molar-refractivity contribution in [2.75, 3.05) is 0 Å². The number of hydrogen-bond donors (Lipinski definition) is 3. The number of rotatable bonds is 2. The molecule has 4 nitrogen and oxygen atoms in total. The van der Waals surface area contributed by atoms with Gasteiger partial charge in [0.05, 0.1) is 6.42 Å². The third kappa shape index (κ3) is 2.38. The normalized spacial score (nSPS) is 19.3. The molecule has 1 unspecified atom stereocenters. The zero-order valence-corrected chi connectivity index (χ0v) is 11.4. The molecule has 3 N–H and O–H groups in total. The first-order chi connectivity index (χ1) is 9.65. The van der Waals surface area contributed by atoms with Crippen molar-refractivity contribution in [3.63, 3.8) is 0 Å². The van der Waals surface area contributed by atoms with E-state index in [2.05, 4.69) is 4.98 Å². The van der Waals surface area contributed by atoms with E-state index in [1.165, 1.54) is 0 Å². The Kier molecular flexibility index (Phi) is 3.38. The molecule has 1 aromatic carbocycles. The van der Waals surface area contributed by atoms with Crippen molar-refractivity contribution in [3.05, 3.63) is 29.5 Å². The third-order valence-corrected chi connectivity index (χ3v) is 4.21. The minimum Gasteiger partial charge on any atom is -0.508 e. The van der Waals surface area contributed by atoms with E-state index in [4.69, 9.17) is 5.11 Å². The minimum absolute atomic E-state index is 0.0705. The third-order valence-electron chi connectivity index (χ3n) is 4.21. The number of phenolic OH excluding ortho intramolecular Hbond substituents is 1. The van der Waals surface area contributed by atoms with Gasteiger partial charge in [0, 0.05) is 22.7 Å². The van der Waals surface area contributed by atoms with Crippen molar-refractivity contribution in [2.24, 2.45) is 0 Å². The maximum atomic E-state index is 11.1. The lowest BCUT2D eigenvalue weighted by Gasteiger charge is -2.19. The van der Waals surface area contributed by atoms with Crippen molar-refractivity contribution in [2.45, 2.75) is 44.4 Å². The second-order valence-electron chi connectivity index (χ2n) is 5.64. The highest BCUT2D eigenvalue weighted by Gasteiger charge is 2.24. The predicted octanol–water partition coefficient (Wildman–Crippen LogP) is 3.55. The molecule has 0 radical (unpaired) electrons. The van der Waals surface area contributed by atoms with Crippen molar-refractivity contribution in [1.82, 2.24) is 4.98 Å². The van der Waals surface area contributed by atoms with Gasteiger partial charge in [-0.1, -0.05) is 12.8 Å². The summed E-state index contributed by atoms with van der Waals surface area (Å²) in [7, 11) is 0. The number of benzene rings is 1. The molecule has 1 atom stereocenters. The summed E-state index contributed by atoms with van der Waals surface area (Å²) < 4.78 is 0. The molecule has 2 aromatic rings. The highest BCUT2D eigenvalue weighted by atomic mass is 16.4. The number of aliphatic carboxylic acids is 1. The van der Waals surface area contributed by atoms with Gasteiger partial charge in [-0.05, 0) is 42.9 Å². The number of carboxylic acids is 1. The van der Waals surface area contributed by atoms with Crippen molar-refractivity contribution in [3.8, 4) is 5.75 Å². The average molecular weight is 273 g/mol. The number of aryl methyl sites for hydroxylation is 1. The minimum atomic E-state index is -0.741. The van der Waals surface area contributed by atoms with Gasteiger partial charge in [-0.3, -0.25) is 4.79 Å². The number of H-pyrrole nitrogens is 1. The Balaban J connectivity index is 2.13. The molecule has 1 aliphatic rings. The van der Waals surface area contributed by atoms with Gasteiger partial charge in [0.1, 0.15) is 5.75 Å². The standard InChI is InChI=1S/C16H19NO3/c18-11-6-7-12-14(9-11)17-13-5-3-1-2-4-10(16(12)13)8-15(19)20/h6-7,9-10,17-18H,1-5,8H2,(H,19,20). The molecule has 106 valence electrons. The Labute approximate surface area is 117 Å². The zero-order valence-electron chi connectivity index (χ0n) is 11.4. The van der Waals surface area contributed by atoms with E-state index in [1.54, 1.807) is 12.1 Å². The van der Waals surface area contributed by atoms with E-state index >= 15 is 0 Å². The molecular formula is C16H19NO3. The SMILES string of the molecule is O=C(O)CC1CCCCCc2[nH]c3cc(O)ccc3c21. The van der Waals surface area contributed by atoms with E-state index < -0.39 is 5.97 Å². The van der Waals surface area contributed by atoms with Crippen LogP contribution in [0.2, 0.25) is 0 Å². The van der Waals surface area contributed by atoms with Crippen LogP contribution < -0.4 is 0 Å². The van der Waals surface area contributed by atoms with E-state index in [-0.39, 0.29) is 18.1 Å². The van der Waals surface area contributed by atoms with Gasteiger partial charge in [0.15, 0.2) is 0 Å². The van der Waals surface area contributed by atoms with Crippen molar-refractivity contribution < 1.29 is 15.0 Å². The number of nitrogens with one attached hydrogen (secondary N) is 1. The molecule has 20 heavy (non-hydrogen) atoms. The molecule has 0 aliphatic heterocycles. The van der Waals surface area contributed by atoms with Crippen LogP contribution in [-0.4, -0.2) is 21.2 Å². The molecule has 0 amide bonds. The molecule has 3 rings (SSSR count). The highest BCUT2D eigenvalue weighted by molar-refractivity contribution is 5.87. The van der Waals surface area contributed by atoms with Crippen LogP contribution in [0, 0.1) is 0 Å². The summed E-state index contributed by atoms with van der Waals surface area (Å²) in [5.74, 6) is -0.433. The first-order valence-corrected chi connectivity index (χ1v) is 7.20. The maximum absolute atomic E-state index is 11.1. The van der Waals surface area contributed by atoms with Gasteiger partial charge in [0.2, 0.25) is 0 Å². The molecule has 1 aliphatic carbocycles. The topological polar surface area (TPSA) is 73.3 Å². The summed E-state index contributed by atoms with van der Waals surface area (Å²) >= 11 is 0. The fourth-order valence-corrected chi connectivity index (χ4v) is 3.35. The van der Waals surface area contributed by atoms with Crippen LogP contribution in [0.4, 0.5) is 0 Å². The van der Waals surface area contributed by atoms with Crippen LogP contribution in [0.3, 0.4) is 0 Å². The van der Waals surface area contributed by atoms with E-state index in [9.17, 15) is 9.90 Å².